The van der Waals surface area contributed by atoms with Crippen LogP contribution in [-0.4, -0.2) is 108 Å². The van der Waals surface area contributed by atoms with Gasteiger partial charge in [-0.25, -0.2) is 55.6 Å². The molecule has 0 aromatic rings. The molecule has 0 aliphatic carbocycles. The van der Waals surface area contributed by atoms with Crippen LogP contribution in [0.5, 0.6) is 0 Å². The van der Waals surface area contributed by atoms with Crippen LogP contribution in [0.2, 0.25) is 0 Å². The van der Waals surface area contributed by atoms with Gasteiger partial charge in [-0.15, -0.1) is 24.9 Å². The van der Waals surface area contributed by atoms with Gasteiger partial charge in [-0.3, -0.25) is 0 Å². The summed E-state index contributed by atoms with van der Waals surface area (Å²) in [6.07, 6.45) is 0.460. The van der Waals surface area contributed by atoms with Crippen LogP contribution >= 0.6 is 0 Å². The van der Waals surface area contributed by atoms with Crippen LogP contribution in [0.1, 0.15) is 12.8 Å². The molecule has 23 nitrogen and oxygen atoms in total. The summed E-state index contributed by atoms with van der Waals surface area (Å²) in [6, 6.07) is 0. The van der Waals surface area contributed by atoms with Crippen molar-refractivity contribution in [3.8, 4) is 0 Å². The van der Waals surface area contributed by atoms with Gasteiger partial charge in [0.25, 0.3) is 0 Å². The fraction of sp³-hybridized carbons (Fsp3) is 1.00. The third kappa shape index (κ3) is 8.58. The lowest BCUT2D eigenvalue weighted by atomic mass is 10.4. The molecule has 0 aromatic carbocycles. The van der Waals surface area contributed by atoms with E-state index in [1.807, 2.05) is 0 Å². The van der Waals surface area contributed by atoms with Crippen LogP contribution < -0.4 is 0 Å². The van der Waals surface area contributed by atoms with Gasteiger partial charge in [0.1, 0.15) is 0 Å². The topological polar surface area (TPSA) is 265 Å². The normalized spacial score (nSPS) is 17.5. The van der Waals surface area contributed by atoms with E-state index in [2.05, 4.69) is 5.29 Å². The van der Waals surface area contributed by atoms with Crippen LogP contribution in [0, 0.1) is 55.5 Å². The Morgan fingerprint density at radius 1 is 0.485 bits per heavy atom. The average molecular weight is 484 g/mol. The molecule has 0 saturated carbocycles. The second-order valence-electron chi connectivity index (χ2n) is 6.48. The summed E-state index contributed by atoms with van der Waals surface area (Å²) in [4.78, 5) is 63.0. The highest BCUT2D eigenvalue weighted by molar-refractivity contribution is 4.57. The third-order valence-electron chi connectivity index (χ3n) is 4.24. The molecule has 23 heteroatoms. The van der Waals surface area contributed by atoms with Crippen LogP contribution in [0.15, 0.2) is 5.29 Å². The predicted octanol–water partition coefficient (Wildman–Crippen LogP) is -1.94. The number of nitroso groups, excluding NO2 is 1. The fourth-order valence-corrected chi connectivity index (χ4v) is 2.69. The van der Waals surface area contributed by atoms with E-state index in [9.17, 15) is 55.5 Å². The van der Waals surface area contributed by atoms with Crippen molar-refractivity contribution in [3.63, 3.8) is 0 Å². The highest BCUT2D eigenvalue weighted by Crippen LogP contribution is 2.07. The minimum Gasteiger partial charge on any atom is -0.235 e. The highest BCUT2D eigenvalue weighted by atomic mass is 16.7. The summed E-state index contributed by atoms with van der Waals surface area (Å²) in [5.41, 5.74) is 0. The maximum atomic E-state index is 10.6. The summed E-state index contributed by atoms with van der Waals surface area (Å²) in [6.45, 7) is -2.01. The van der Waals surface area contributed by atoms with Crippen LogP contribution in [-0.2, 0) is 0 Å². The molecule has 33 heavy (non-hydrogen) atoms. The van der Waals surface area contributed by atoms with E-state index >= 15 is 0 Å². The largest absolute Gasteiger partial charge is 0.235 e. The molecule has 0 N–H and O–H groups in total. The van der Waals surface area contributed by atoms with Crippen molar-refractivity contribution in [3.05, 3.63) is 55.5 Å². The van der Waals surface area contributed by atoms with Gasteiger partial charge in [0.15, 0.2) is 38.5 Å². The molecule has 2 aliphatic rings. The molecule has 0 unspecified atom stereocenters. The van der Waals surface area contributed by atoms with E-state index in [1.54, 1.807) is 0 Å². The Bertz CT molecular complexity index is 706. The molecule has 0 spiro atoms. The maximum absolute atomic E-state index is 10.6. The van der Waals surface area contributed by atoms with Gasteiger partial charge in [-0.1, -0.05) is 5.01 Å². The van der Waals surface area contributed by atoms with Crippen molar-refractivity contribution in [2.24, 2.45) is 5.29 Å². The van der Waals surface area contributed by atoms with Crippen LogP contribution in [0.3, 0.4) is 0 Å². The molecule has 0 atom stereocenters. The van der Waals surface area contributed by atoms with Gasteiger partial charge in [0.05, 0.1) is 31.5 Å². The van der Waals surface area contributed by atoms with E-state index in [1.165, 1.54) is 0 Å². The van der Waals surface area contributed by atoms with E-state index < -0.39 is 38.5 Å². The number of rotatable bonds is 6. The first-order valence-electron chi connectivity index (χ1n) is 9.00. The standard InChI is InChI=1S/C5H10N6O6.C5H10N6O5/c12-9(13)6-2-1-3-7(10(14)15)5-8(4-6)11(16)17;12-6-7-4-8(10(13)14)2-1-3-9(5-7)11(15)16/h1-5H2;1-5H2. The molecule has 2 heterocycles. The molecule has 2 saturated heterocycles. The minimum atomic E-state index is -0.891. The van der Waals surface area contributed by atoms with Gasteiger partial charge in [-0.05, 0) is 12.8 Å². The molecular formula is C10H20N12O11. The van der Waals surface area contributed by atoms with Crippen molar-refractivity contribution >= 4 is 0 Å². The van der Waals surface area contributed by atoms with E-state index in [4.69, 9.17) is 0 Å². The lowest BCUT2D eigenvalue weighted by molar-refractivity contribution is -0.740. The summed E-state index contributed by atoms with van der Waals surface area (Å²) in [5, 5.41) is 55.5. The second-order valence-corrected chi connectivity index (χ2v) is 6.48. The van der Waals surface area contributed by atoms with Crippen molar-refractivity contribution in [1.82, 2.24) is 30.1 Å². The van der Waals surface area contributed by atoms with E-state index in [0.717, 1.165) is 15.0 Å². The quantitative estimate of drug-likeness (QED) is 0.225. The van der Waals surface area contributed by atoms with Crippen LogP contribution in [0.4, 0.5) is 0 Å². The Kier molecular flexibility index (Phi) is 9.85. The Morgan fingerprint density at radius 3 is 1.00 bits per heavy atom. The Hall–Kier alpha value is -4.60. The molecule has 0 aromatic heterocycles. The monoisotopic (exact) mass is 484 g/mol. The zero-order valence-corrected chi connectivity index (χ0v) is 16.9. The molecule has 2 rings (SSSR count). The fourth-order valence-electron chi connectivity index (χ4n) is 2.69. The van der Waals surface area contributed by atoms with E-state index in [-0.39, 0.29) is 52.4 Å². The second kappa shape index (κ2) is 12.3. The smallest absolute Gasteiger partial charge is 0.210 e. The summed E-state index contributed by atoms with van der Waals surface area (Å²) < 4.78 is 0. The van der Waals surface area contributed by atoms with Gasteiger partial charge in [-0.2, -0.15) is 0 Å². The number of hydrogen-bond donors (Lipinski definition) is 0. The number of nitro groups is 5. The first-order chi connectivity index (χ1) is 15.5. The molecule has 0 amide bonds. The van der Waals surface area contributed by atoms with Crippen LogP contribution in [0.25, 0.3) is 0 Å². The van der Waals surface area contributed by atoms with Gasteiger partial charge in [0, 0.05) is 0 Å². The average Bonchev–Trinajstić information content (AvgIpc) is 2.67. The molecular weight excluding hydrogens is 464 g/mol. The Labute approximate surface area is 182 Å². The van der Waals surface area contributed by atoms with Gasteiger partial charge in [0.2, 0.25) is 13.3 Å². The molecule has 0 radical (unpaired) electrons. The first kappa shape index (κ1) is 26.4. The number of nitrogens with zero attached hydrogens (tertiary/aromatic N) is 12. The van der Waals surface area contributed by atoms with Crippen molar-refractivity contribution in [1.29, 1.82) is 0 Å². The van der Waals surface area contributed by atoms with Gasteiger partial charge < -0.3 is 0 Å². The van der Waals surface area contributed by atoms with E-state index in [0.29, 0.717) is 15.0 Å². The predicted molar refractivity (Wildman–Crippen MR) is 100.0 cm³/mol. The van der Waals surface area contributed by atoms with Crippen molar-refractivity contribution in [2.45, 2.75) is 12.8 Å². The SMILES string of the molecule is O=NN1CN([N+](=O)[O-])CCCN([N+](=O)[O-])C1.O=[N+]([O-])N1CCCN([N+](=O)[O-])CN([N+](=O)[O-])C1. The summed E-state index contributed by atoms with van der Waals surface area (Å²) >= 11 is 0. The Balaban J connectivity index is 0.000000331. The Morgan fingerprint density at radius 2 is 0.758 bits per heavy atom. The number of hydrogen-bond acceptors (Lipinski definition) is 12. The van der Waals surface area contributed by atoms with Gasteiger partial charge >= 0.3 is 0 Å². The molecule has 0 bridgehead atoms. The summed E-state index contributed by atoms with van der Waals surface area (Å²) in [5.74, 6) is 0. The molecule has 2 fully saturated rings. The van der Waals surface area contributed by atoms with Crippen molar-refractivity contribution in [2.75, 3.05) is 52.9 Å². The molecule has 186 valence electrons. The molecule has 2 aliphatic heterocycles. The third-order valence-corrected chi connectivity index (χ3v) is 4.24. The lowest BCUT2D eigenvalue weighted by Crippen LogP contribution is -2.52. The van der Waals surface area contributed by atoms with Crippen molar-refractivity contribution < 1.29 is 25.2 Å². The zero-order chi connectivity index (χ0) is 25.1. The lowest BCUT2D eigenvalue weighted by Gasteiger charge is -2.26. The first-order valence-corrected chi connectivity index (χ1v) is 9.00. The maximum Gasteiger partial charge on any atom is 0.210 e. The minimum absolute atomic E-state index is 0.0311. The highest BCUT2D eigenvalue weighted by Gasteiger charge is 2.33. The zero-order valence-electron chi connectivity index (χ0n) is 16.9. The number of hydrazine groups is 5. The summed E-state index contributed by atoms with van der Waals surface area (Å²) in [7, 11) is 0.